The van der Waals surface area contributed by atoms with Gasteiger partial charge in [-0.05, 0) is 57.0 Å². The topological polar surface area (TPSA) is 101 Å². The average Bonchev–Trinajstić information content (AvgIpc) is 3.31. The molecule has 174 valence electrons. The summed E-state index contributed by atoms with van der Waals surface area (Å²) < 4.78 is 19.1. The molecule has 1 atom stereocenters. The van der Waals surface area contributed by atoms with Gasteiger partial charge in [-0.2, -0.15) is 0 Å². The number of benzene rings is 1. The number of aryl methyl sites for hydroxylation is 1. The molecule has 0 aliphatic heterocycles. The Labute approximate surface area is 198 Å². The molecule has 0 spiro atoms. The molecular weight excluding hydrogens is 465 g/mol. The quantitative estimate of drug-likeness (QED) is 0.268. The van der Waals surface area contributed by atoms with E-state index in [-0.39, 0.29) is 18.1 Å². The zero-order valence-electron chi connectivity index (χ0n) is 18.5. The molecule has 0 unspecified atom stereocenters. The molecule has 4 rings (SSSR count). The lowest BCUT2D eigenvalue weighted by Crippen LogP contribution is -2.44. The number of carbonyl (C=O) groups is 2. The number of ketones is 1. The van der Waals surface area contributed by atoms with Gasteiger partial charge in [-0.1, -0.05) is 11.8 Å². The Morgan fingerprint density at radius 1 is 1.30 bits per heavy atom. The number of Topliss-reactive ketones (excluding diaryl/α,β-unsaturated/α-hetero) is 1. The number of hydrogen-bond donors (Lipinski definition) is 2. The summed E-state index contributed by atoms with van der Waals surface area (Å²) in [5, 5.41) is 14.6. The second kappa shape index (κ2) is 9.00. The third-order valence-corrected chi connectivity index (χ3v) is 7.81. The first-order valence-electron chi connectivity index (χ1n) is 10.4. The molecule has 1 aliphatic rings. The van der Waals surface area contributed by atoms with Crippen LogP contribution in [0.5, 0.6) is 5.75 Å². The molecular formula is C23H24FN3O4S2. The Morgan fingerprint density at radius 3 is 2.76 bits per heavy atom. The molecule has 2 N–H and O–H groups in total. The minimum atomic E-state index is -1.85. The van der Waals surface area contributed by atoms with Crippen LogP contribution in [0.3, 0.4) is 0 Å². The van der Waals surface area contributed by atoms with Gasteiger partial charge < -0.3 is 15.2 Å². The summed E-state index contributed by atoms with van der Waals surface area (Å²) >= 11 is 2.35. The number of alkyl halides is 1. The van der Waals surface area contributed by atoms with Crippen LogP contribution in [0, 0.1) is 6.92 Å². The van der Waals surface area contributed by atoms with Crippen LogP contribution in [0.15, 0.2) is 35.4 Å². The van der Waals surface area contributed by atoms with Gasteiger partial charge in [0.2, 0.25) is 0 Å². The van der Waals surface area contributed by atoms with E-state index in [4.69, 9.17) is 4.74 Å². The number of rotatable bonds is 9. The van der Waals surface area contributed by atoms with Crippen LogP contribution in [0.4, 0.5) is 4.39 Å². The summed E-state index contributed by atoms with van der Waals surface area (Å²) in [5.41, 5.74) is -2.44. The maximum absolute atomic E-state index is 13.8. The molecule has 7 nitrogen and oxygen atoms in total. The Morgan fingerprint density at radius 2 is 2.06 bits per heavy atom. The van der Waals surface area contributed by atoms with Gasteiger partial charge in [0.25, 0.3) is 5.91 Å². The largest absolute Gasteiger partial charge is 0.497 e. The summed E-state index contributed by atoms with van der Waals surface area (Å²) in [6.45, 7) is 3.02. The number of nitrogens with zero attached hydrogens (tertiary/aromatic N) is 2. The molecule has 3 aromatic rings. The Balaban J connectivity index is 1.45. The van der Waals surface area contributed by atoms with E-state index < -0.39 is 17.2 Å². The van der Waals surface area contributed by atoms with Crippen molar-refractivity contribution in [2.75, 3.05) is 19.4 Å². The number of amides is 1. The molecule has 1 fully saturated rings. The van der Waals surface area contributed by atoms with Crippen molar-refractivity contribution in [2.45, 2.75) is 43.0 Å². The Kier molecular flexibility index (Phi) is 6.43. The van der Waals surface area contributed by atoms with E-state index >= 15 is 0 Å². The van der Waals surface area contributed by atoms with E-state index in [2.05, 4.69) is 15.3 Å². The van der Waals surface area contributed by atoms with Gasteiger partial charge in [-0.15, -0.1) is 11.3 Å². The number of aromatic nitrogens is 2. The van der Waals surface area contributed by atoms with Crippen LogP contribution in [-0.2, 0) is 10.4 Å². The van der Waals surface area contributed by atoms with Crippen LogP contribution in [-0.4, -0.2) is 51.8 Å². The molecule has 1 saturated carbocycles. The fraction of sp³-hybridized carbons (Fsp3) is 0.391. The number of nitrogens with one attached hydrogen (secondary N) is 1. The van der Waals surface area contributed by atoms with Crippen molar-refractivity contribution in [3.63, 3.8) is 0 Å². The van der Waals surface area contributed by atoms with Crippen molar-refractivity contribution in [3.05, 3.63) is 45.9 Å². The molecule has 0 saturated heterocycles. The molecule has 0 bridgehead atoms. The molecule has 10 heteroatoms. The highest BCUT2D eigenvalue weighted by Crippen LogP contribution is 2.39. The van der Waals surface area contributed by atoms with Gasteiger partial charge in [-0.25, -0.2) is 14.4 Å². The number of thiophene rings is 1. The van der Waals surface area contributed by atoms with Crippen molar-refractivity contribution in [1.82, 2.24) is 15.3 Å². The summed E-state index contributed by atoms with van der Waals surface area (Å²) in [7, 11) is 1.58. The maximum Gasteiger partial charge on any atom is 0.257 e. The third-order valence-electron chi connectivity index (χ3n) is 5.48. The highest BCUT2D eigenvalue weighted by atomic mass is 32.2. The van der Waals surface area contributed by atoms with Gasteiger partial charge in [0, 0.05) is 10.3 Å². The highest BCUT2D eigenvalue weighted by Gasteiger charge is 2.44. The fourth-order valence-electron chi connectivity index (χ4n) is 3.22. The van der Waals surface area contributed by atoms with E-state index in [0.717, 1.165) is 22.2 Å². The monoisotopic (exact) mass is 489 g/mol. The molecule has 2 heterocycles. The van der Waals surface area contributed by atoms with E-state index in [1.54, 1.807) is 26.2 Å². The number of thioether (sulfide) groups is 1. The third kappa shape index (κ3) is 5.18. The second-order valence-corrected chi connectivity index (χ2v) is 10.3. The summed E-state index contributed by atoms with van der Waals surface area (Å²) in [5.74, 6) is 0.566. The summed E-state index contributed by atoms with van der Waals surface area (Å²) in [6.07, 6.45) is 0.831. The van der Waals surface area contributed by atoms with Gasteiger partial charge in [0.15, 0.2) is 11.4 Å². The van der Waals surface area contributed by atoms with E-state index in [1.807, 2.05) is 18.2 Å². The first kappa shape index (κ1) is 23.6. The fourth-order valence-corrected chi connectivity index (χ4v) is 5.23. The van der Waals surface area contributed by atoms with Crippen LogP contribution >= 0.6 is 23.1 Å². The van der Waals surface area contributed by atoms with Gasteiger partial charge in [0.05, 0.1) is 29.8 Å². The SMILES string of the molecule is COc1ccc2nc(C)nc(SCC(=O)c3ccc([C@@](C)(O)C(=O)NCC4(F)CC4)s3)c2c1. The first-order chi connectivity index (χ1) is 15.6. The number of ether oxygens (including phenoxy) is 1. The first-order valence-corrected chi connectivity index (χ1v) is 12.2. The van der Waals surface area contributed by atoms with Crippen LogP contribution < -0.4 is 10.1 Å². The van der Waals surface area contributed by atoms with Gasteiger partial charge >= 0.3 is 0 Å². The van der Waals surface area contributed by atoms with Crippen LogP contribution in [0.25, 0.3) is 10.9 Å². The molecule has 1 aliphatic carbocycles. The predicted molar refractivity (Wildman–Crippen MR) is 126 cm³/mol. The smallest absolute Gasteiger partial charge is 0.257 e. The lowest BCUT2D eigenvalue weighted by Gasteiger charge is -2.21. The minimum absolute atomic E-state index is 0.118. The molecule has 2 aromatic heterocycles. The van der Waals surface area contributed by atoms with Crippen molar-refractivity contribution in [1.29, 1.82) is 0 Å². The van der Waals surface area contributed by atoms with E-state index in [9.17, 15) is 19.1 Å². The molecule has 1 aromatic carbocycles. The highest BCUT2D eigenvalue weighted by molar-refractivity contribution is 8.00. The second-order valence-electron chi connectivity index (χ2n) is 8.24. The van der Waals surface area contributed by atoms with Gasteiger partial charge in [0.1, 0.15) is 22.3 Å². The van der Waals surface area contributed by atoms with E-state index in [1.165, 1.54) is 18.7 Å². The van der Waals surface area contributed by atoms with Gasteiger partial charge in [-0.3, -0.25) is 9.59 Å². The summed E-state index contributed by atoms with van der Waals surface area (Å²) in [4.78, 5) is 34.9. The van der Waals surface area contributed by atoms with Crippen molar-refractivity contribution < 1.29 is 23.8 Å². The molecule has 0 radical (unpaired) electrons. The number of aliphatic hydroxyl groups is 1. The van der Waals surface area contributed by atoms with Crippen LogP contribution in [0.2, 0.25) is 0 Å². The normalized spacial score (nSPS) is 16.3. The predicted octanol–water partition coefficient (Wildman–Crippen LogP) is 3.81. The number of fused-ring (bicyclic) bond motifs is 1. The van der Waals surface area contributed by atoms with E-state index in [0.29, 0.717) is 39.2 Å². The standard InChI is InChI=1S/C23H24FN3O4S2/c1-13-26-16-5-4-14(31-3)10-15(16)20(27-13)32-11-17(28)18-6-7-19(33-18)22(2,30)21(29)25-12-23(24)8-9-23/h4-7,10,30H,8-9,11-12H2,1-3H3,(H,25,29)/t22-/m1/s1. The summed E-state index contributed by atoms with van der Waals surface area (Å²) in [6, 6.07) is 8.65. The molecule has 1 amide bonds. The minimum Gasteiger partial charge on any atom is -0.497 e. The average molecular weight is 490 g/mol. The number of hydrogen-bond acceptors (Lipinski definition) is 8. The lowest BCUT2D eigenvalue weighted by atomic mass is 10.0. The van der Waals surface area contributed by atoms with Crippen molar-refractivity contribution in [3.8, 4) is 5.75 Å². The number of methoxy groups -OCH3 is 1. The lowest BCUT2D eigenvalue weighted by molar-refractivity contribution is -0.139. The zero-order chi connectivity index (χ0) is 23.8. The number of halogens is 1. The Hall–Kier alpha value is -2.56. The Bertz CT molecular complexity index is 1220. The number of carbonyl (C=O) groups excluding carboxylic acids is 2. The maximum atomic E-state index is 13.8. The van der Waals surface area contributed by atoms with Crippen LogP contribution in [0.1, 0.15) is 40.1 Å². The van der Waals surface area contributed by atoms with Crippen molar-refractivity contribution in [2.24, 2.45) is 0 Å². The molecule has 33 heavy (non-hydrogen) atoms. The van der Waals surface area contributed by atoms with Crippen molar-refractivity contribution >= 4 is 45.7 Å². The zero-order valence-corrected chi connectivity index (χ0v) is 20.1.